The van der Waals surface area contributed by atoms with Gasteiger partial charge in [0, 0.05) is 12.6 Å². The zero-order chi connectivity index (χ0) is 14.8. The molecule has 0 fully saturated rings. The number of fused-ring (bicyclic) bond motifs is 1. The highest BCUT2D eigenvalue weighted by Gasteiger charge is 2.15. The Bertz CT molecular complexity index is 766. The molecule has 6 nitrogen and oxygen atoms in total. The van der Waals surface area contributed by atoms with Crippen LogP contribution in [0.1, 0.15) is 13.8 Å². The number of rotatable bonds is 4. The molecule has 2 N–H and O–H groups in total. The van der Waals surface area contributed by atoms with E-state index in [0.29, 0.717) is 11.6 Å². The average Bonchev–Trinajstić information content (AvgIpc) is 2.94. The molecule has 21 heavy (non-hydrogen) atoms. The van der Waals surface area contributed by atoms with Crippen molar-refractivity contribution >= 4 is 17.0 Å². The van der Waals surface area contributed by atoms with Crippen LogP contribution in [0.5, 0.6) is 5.75 Å². The second-order valence-electron chi connectivity index (χ2n) is 4.94. The molecule has 0 saturated carbocycles. The number of anilines is 1. The van der Waals surface area contributed by atoms with Gasteiger partial charge in [0.15, 0.2) is 5.65 Å². The van der Waals surface area contributed by atoms with Crippen molar-refractivity contribution in [1.82, 2.24) is 20.2 Å². The van der Waals surface area contributed by atoms with E-state index in [1.54, 1.807) is 13.2 Å². The van der Waals surface area contributed by atoms with E-state index in [1.165, 1.54) is 0 Å². The minimum Gasteiger partial charge on any atom is -0.490 e. The van der Waals surface area contributed by atoms with E-state index in [0.717, 1.165) is 22.4 Å². The third-order valence-corrected chi connectivity index (χ3v) is 3.04. The molecule has 0 spiro atoms. The predicted octanol–water partition coefficient (Wildman–Crippen LogP) is 2.85. The van der Waals surface area contributed by atoms with Gasteiger partial charge in [0.05, 0.1) is 23.4 Å². The van der Waals surface area contributed by atoms with Gasteiger partial charge in [0.1, 0.15) is 5.75 Å². The highest BCUT2D eigenvalue weighted by molar-refractivity contribution is 5.92. The summed E-state index contributed by atoms with van der Waals surface area (Å²) in [5.41, 5.74) is 2.43. The van der Waals surface area contributed by atoms with Gasteiger partial charge < -0.3 is 10.1 Å². The molecule has 2 heterocycles. The molecule has 108 valence electrons. The zero-order valence-electron chi connectivity index (χ0n) is 12.2. The first-order valence-electron chi connectivity index (χ1n) is 6.84. The van der Waals surface area contributed by atoms with Gasteiger partial charge in [-0.25, -0.2) is 4.98 Å². The minimum absolute atomic E-state index is 0.0941. The van der Waals surface area contributed by atoms with Gasteiger partial charge in [-0.3, -0.25) is 5.10 Å². The summed E-state index contributed by atoms with van der Waals surface area (Å²) in [6.07, 6.45) is 1.83. The molecular weight excluding hydrogens is 266 g/mol. The van der Waals surface area contributed by atoms with E-state index < -0.39 is 0 Å². The van der Waals surface area contributed by atoms with Crippen LogP contribution in [0.25, 0.3) is 22.3 Å². The van der Waals surface area contributed by atoms with Crippen molar-refractivity contribution in [2.24, 2.45) is 0 Å². The lowest BCUT2D eigenvalue weighted by atomic mass is 10.1. The lowest BCUT2D eigenvalue weighted by Crippen LogP contribution is -2.07. The van der Waals surface area contributed by atoms with Crippen LogP contribution in [0.3, 0.4) is 0 Å². The number of aromatic nitrogens is 4. The maximum atomic E-state index is 5.89. The normalized spacial score (nSPS) is 11.0. The summed E-state index contributed by atoms with van der Waals surface area (Å²) in [7, 11) is 1.79. The van der Waals surface area contributed by atoms with Crippen LogP contribution in [0.4, 0.5) is 5.95 Å². The monoisotopic (exact) mass is 283 g/mol. The molecule has 0 radical (unpaired) electrons. The first-order chi connectivity index (χ1) is 10.2. The number of ether oxygens (including phenoxy) is 1. The van der Waals surface area contributed by atoms with Crippen molar-refractivity contribution in [2.75, 3.05) is 12.4 Å². The smallest absolute Gasteiger partial charge is 0.225 e. The lowest BCUT2D eigenvalue weighted by molar-refractivity contribution is 0.243. The number of hydrogen-bond acceptors (Lipinski definition) is 5. The molecule has 0 atom stereocenters. The summed E-state index contributed by atoms with van der Waals surface area (Å²) in [5.74, 6) is 1.34. The van der Waals surface area contributed by atoms with Crippen LogP contribution in [0, 0.1) is 0 Å². The second-order valence-corrected chi connectivity index (χ2v) is 4.94. The SMILES string of the molecule is CNc1nc(-c2ccccc2OC(C)C)c2cn[nH]c2n1. The number of aromatic amines is 1. The highest BCUT2D eigenvalue weighted by Crippen LogP contribution is 2.33. The van der Waals surface area contributed by atoms with Gasteiger partial charge >= 0.3 is 0 Å². The van der Waals surface area contributed by atoms with E-state index in [1.807, 2.05) is 38.1 Å². The quantitative estimate of drug-likeness (QED) is 0.770. The Morgan fingerprint density at radius 3 is 2.76 bits per heavy atom. The summed E-state index contributed by atoms with van der Waals surface area (Å²) in [4.78, 5) is 8.92. The Hall–Kier alpha value is -2.63. The van der Waals surface area contributed by atoms with Crippen molar-refractivity contribution < 1.29 is 4.74 Å². The van der Waals surface area contributed by atoms with Crippen molar-refractivity contribution in [2.45, 2.75) is 20.0 Å². The molecule has 0 aliphatic heterocycles. The van der Waals surface area contributed by atoms with E-state index in [4.69, 9.17) is 4.74 Å². The summed E-state index contributed by atoms with van der Waals surface area (Å²) in [6, 6.07) is 7.86. The first kappa shape index (κ1) is 13.4. The molecular formula is C15H17N5O. The van der Waals surface area contributed by atoms with Gasteiger partial charge in [-0.05, 0) is 26.0 Å². The first-order valence-corrected chi connectivity index (χ1v) is 6.84. The predicted molar refractivity (Wildman–Crippen MR) is 82.4 cm³/mol. The highest BCUT2D eigenvalue weighted by atomic mass is 16.5. The maximum Gasteiger partial charge on any atom is 0.225 e. The van der Waals surface area contributed by atoms with Gasteiger partial charge in [-0.1, -0.05) is 12.1 Å². The van der Waals surface area contributed by atoms with E-state index in [-0.39, 0.29) is 6.10 Å². The summed E-state index contributed by atoms with van der Waals surface area (Å²) >= 11 is 0. The topological polar surface area (TPSA) is 75.7 Å². The molecule has 2 aromatic heterocycles. The Balaban J connectivity index is 2.22. The molecule has 0 bridgehead atoms. The molecule has 3 aromatic rings. The molecule has 0 aliphatic rings. The Morgan fingerprint density at radius 2 is 2.00 bits per heavy atom. The summed E-state index contributed by atoms with van der Waals surface area (Å²) in [6.45, 7) is 4.01. The van der Waals surface area contributed by atoms with E-state index >= 15 is 0 Å². The fourth-order valence-electron chi connectivity index (χ4n) is 2.17. The Kier molecular flexibility index (Phi) is 3.43. The summed E-state index contributed by atoms with van der Waals surface area (Å²) < 4.78 is 5.89. The Labute approximate surface area is 122 Å². The molecule has 1 aromatic carbocycles. The molecule has 0 aliphatic carbocycles. The van der Waals surface area contributed by atoms with Crippen molar-refractivity contribution in [3.63, 3.8) is 0 Å². The van der Waals surface area contributed by atoms with Gasteiger partial charge in [0.2, 0.25) is 5.95 Å². The van der Waals surface area contributed by atoms with Crippen LogP contribution in [-0.4, -0.2) is 33.3 Å². The number of para-hydroxylation sites is 1. The van der Waals surface area contributed by atoms with Crippen LogP contribution in [0.2, 0.25) is 0 Å². The lowest BCUT2D eigenvalue weighted by Gasteiger charge is -2.14. The second kappa shape index (κ2) is 5.40. The van der Waals surface area contributed by atoms with Crippen LogP contribution >= 0.6 is 0 Å². The number of nitrogens with zero attached hydrogens (tertiary/aromatic N) is 3. The van der Waals surface area contributed by atoms with Crippen LogP contribution < -0.4 is 10.1 Å². The maximum absolute atomic E-state index is 5.89. The third-order valence-electron chi connectivity index (χ3n) is 3.04. The largest absolute Gasteiger partial charge is 0.490 e. The molecule has 0 saturated heterocycles. The van der Waals surface area contributed by atoms with Crippen LogP contribution in [-0.2, 0) is 0 Å². The fourth-order valence-corrected chi connectivity index (χ4v) is 2.17. The van der Waals surface area contributed by atoms with E-state index in [9.17, 15) is 0 Å². The average molecular weight is 283 g/mol. The van der Waals surface area contributed by atoms with Gasteiger partial charge in [-0.15, -0.1) is 0 Å². The van der Waals surface area contributed by atoms with Gasteiger partial charge in [0.25, 0.3) is 0 Å². The molecule has 6 heteroatoms. The number of hydrogen-bond donors (Lipinski definition) is 2. The molecule has 0 unspecified atom stereocenters. The molecule has 3 rings (SSSR count). The standard InChI is InChI=1S/C15H17N5O/c1-9(2)21-12-7-5-4-6-10(12)13-11-8-17-20-14(11)19-15(16-3)18-13/h4-9H,1-3H3,(H2,16,17,18,19,20). The number of nitrogens with one attached hydrogen (secondary N) is 2. The Morgan fingerprint density at radius 1 is 1.19 bits per heavy atom. The van der Waals surface area contributed by atoms with Crippen molar-refractivity contribution in [1.29, 1.82) is 0 Å². The van der Waals surface area contributed by atoms with Crippen LogP contribution in [0.15, 0.2) is 30.5 Å². The summed E-state index contributed by atoms with van der Waals surface area (Å²) in [5, 5.41) is 10.8. The molecule has 0 amide bonds. The van der Waals surface area contributed by atoms with E-state index in [2.05, 4.69) is 25.5 Å². The van der Waals surface area contributed by atoms with Crippen molar-refractivity contribution in [3.8, 4) is 17.0 Å². The van der Waals surface area contributed by atoms with Crippen molar-refractivity contribution in [3.05, 3.63) is 30.5 Å². The fraction of sp³-hybridized carbons (Fsp3) is 0.267. The number of H-pyrrole nitrogens is 1. The van der Waals surface area contributed by atoms with Gasteiger partial charge in [-0.2, -0.15) is 10.1 Å². The zero-order valence-corrected chi connectivity index (χ0v) is 12.2. The number of benzene rings is 1. The third kappa shape index (κ3) is 2.52. The minimum atomic E-state index is 0.0941.